The molecule has 292 valence electrons. The van der Waals surface area contributed by atoms with Gasteiger partial charge in [0.05, 0.1) is 0 Å². The first-order valence-corrected chi connectivity index (χ1v) is 22.2. The smallest absolute Gasteiger partial charge is 0.165 e. The van der Waals surface area contributed by atoms with E-state index in [2.05, 4.69) is 212 Å². The van der Waals surface area contributed by atoms with Crippen LogP contribution in [-0.2, 0) is 0 Å². The summed E-state index contributed by atoms with van der Waals surface area (Å²) in [6.07, 6.45) is 0. The van der Waals surface area contributed by atoms with Crippen LogP contribution in [0.25, 0.3) is 130 Å². The van der Waals surface area contributed by atoms with Crippen LogP contribution in [-0.4, -0.2) is 15.0 Å². The van der Waals surface area contributed by atoms with Gasteiger partial charge in [-0.1, -0.05) is 182 Å². The maximum absolute atomic E-state index is 5.38. The summed E-state index contributed by atoms with van der Waals surface area (Å²) < 4.78 is 2.41. The Hall–Kier alpha value is -8.05. The molecule has 11 aromatic carbocycles. The Balaban J connectivity index is 1.01. The number of thiophene rings is 1. The van der Waals surface area contributed by atoms with Crippen molar-refractivity contribution in [3.8, 4) is 56.4 Å². The predicted molar refractivity (Wildman–Crippen MR) is 267 cm³/mol. The summed E-state index contributed by atoms with van der Waals surface area (Å²) in [5, 5.41) is 14.6. The largest absolute Gasteiger partial charge is 0.208 e. The van der Waals surface area contributed by atoms with E-state index in [1.165, 1.54) is 80.0 Å². The third kappa shape index (κ3) is 5.76. The fourth-order valence-electron chi connectivity index (χ4n) is 9.77. The topological polar surface area (TPSA) is 38.7 Å². The monoisotopic (exact) mass is 817 g/mol. The molecule has 0 aliphatic heterocycles. The van der Waals surface area contributed by atoms with E-state index in [0.717, 1.165) is 33.0 Å². The number of aromatic nitrogens is 3. The van der Waals surface area contributed by atoms with Crippen LogP contribution < -0.4 is 0 Å². The lowest BCUT2D eigenvalue weighted by Crippen LogP contribution is -2.01. The number of rotatable bonds is 5. The molecule has 3 nitrogen and oxygen atoms in total. The molecule has 2 aromatic heterocycles. The summed E-state index contributed by atoms with van der Waals surface area (Å²) in [4.78, 5) is 16.0. The van der Waals surface area contributed by atoms with Crippen molar-refractivity contribution in [1.82, 2.24) is 15.0 Å². The maximum atomic E-state index is 5.38. The van der Waals surface area contributed by atoms with E-state index in [1.807, 2.05) is 0 Å². The van der Waals surface area contributed by atoms with Crippen molar-refractivity contribution in [2.75, 3.05) is 0 Å². The summed E-state index contributed by atoms with van der Waals surface area (Å²) in [5.41, 5.74) is 7.63. The van der Waals surface area contributed by atoms with Crippen molar-refractivity contribution in [3.63, 3.8) is 0 Å². The van der Waals surface area contributed by atoms with Crippen molar-refractivity contribution in [3.05, 3.63) is 212 Å². The zero-order chi connectivity index (χ0) is 41.4. The summed E-state index contributed by atoms with van der Waals surface area (Å²) >= 11 is 1.79. The van der Waals surface area contributed by atoms with Crippen molar-refractivity contribution in [1.29, 1.82) is 0 Å². The Bertz CT molecular complexity index is 3980. The van der Waals surface area contributed by atoms with Gasteiger partial charge in [0, 0.05) is 36.9 Å². The number of fused-ring (bicyclic) bond motifs is 10. The Morgan fingerprint density at radius 3 is 1.37 bits per heavy atom. The van der Waals surface area contributed by atoms with Gasteiger partial charge in [0.25, 0.3) is 0 Å². The molecule has 13 rings (SSSR count). The molecular weight excluding hydrogens is 783 g/mol. The first kappa shape index (κ1) is 35.7. The van der Waals surface area contributed by atoms with Gasteiger partial charge in [0.15, 0.2) is 17.5 Å². The molecule has 0 atom stereocenters. The highest BCUT2D eigenvalue weighted by atomic mass is 32.1. The van der Waals surface area contributed by atoms with E-state index >= 15 is 0 Å². The van der Waals surface area contributed by atoms with Crippen LogP contribution in [0.5, 0.6) is 0 Å². The van der Waals surface area contributed by atoms with Gasteiger partial charge in [0.1, 0.15) is 0 Å². The molecule has 0 aliphatic rings. The third-order valence-corrected chi connectivity index (χ3v) is 13.9. The third-order valence-electron chi connectivity index (χ3n) is 12.7. The quantitative estimate of drug-likeness (QED) is 0.162. The molecule has 0 spiro atoms. The van der Waals surface area contributed by atoms with Crippen LogP contribution >= 0.6 is 11.3 Å². The molecule has 2 heterocycles. The van der Waals surface area contributed by atoms with Gasteiger partial charge in [-0.15, -0.1) is 11.3 Å². The van der Waals surface area contributed by atoms with Crippen molar-refractivity contribution in [2.24, 2.45) is 0 Å². The van der Waals surface area contributed by atoms with Gasteiger partial charge in [0.2, 0.25) is 0 Å². The molecule has 63 heavy (non-hydrogen) atoms. The molecule has 0 saturated carbocycles. The average Bonchev–Trinajstić information content (AvgIpc) is 3.75. The summed E-state index contributed by atoms with van der Waals surface area (Å²) in [5.74, 6) is 1.94. The van der Waals surface area contributed by atoms with Crippen LogP contribution in [0.3, 0.4) is 0 Å². The van der Waals surface area contributed by atoms with Gasteiger partial charge in [-0.2, -0.15) is 0 Å². The van der Waals surface area contributed by atoms with E-state index in [0.29, 0.717) is 17.5 Å². The molecule has 0 radical (unpaired) electrons. The first-order valence-electron chi connectivity index (χ1n) is 21.3. The van der Waals surface area contributed by atoms with Crippen LogP contribution in [0, 0.1) is 0 Å². The van der Waals surface area contributed by atoms with Crippen molar-refractivity contribution in [2.45, 2.75) is 0 Å². The summed E-state index contributed by atoms with van der Waals surface area (Å²) in [7, 11) is 0. The van der Waals surface area contributed by atoms with Gasteiger partial charge < -0.3 is 0 Å². The fourth-order valence-corrected chi connectivity index (χ4v) is 11.0. The van der Waals surface area contributed by atoms with Gasteiger partial charge in [-0.3, -0.25) is 0 Å². The molecule has 0 amide bonds. The number of hydrogen-bond donors (Lipinski definition) is 0. The second-order valence-electron chi connectivity index (χ2n) is 16.3. The molecule has 13 aromatic rings. The Labute approximate surface area is 367 Å². The minimum atomic E-state index is 0.636. The van der Waals surface area contributed by atoms with Crippen LogP contribution in [0.15, 0.2) is 212 Å². The number of hydrogen-bond acceptors (Lipinski definition) is 4. The van der Waals surface area contributed by atoms with Crippen molar-refractivity contribution < 1.29 is 0 Å². The zero-order valence-corrected chi connectivity index (χ0v) is 34.8. The van der Waals surface area contributed by atoms with E-state index in [4.69, 9.17) is 15.0 Å². The Morgan fingerprint density at radius 2 is 0.698 bits per heavy atom. The molecule has 0 N–H and O–H groups in total. The SMILES string of the molecule is c1ccc2c(c1)cc(-c1ccc(-c3nc(-c4ccc(-c5cc6ccccc6c6ccccc56)c5ccccc45)nc(-c4cccc5c4sc4ccccc45)n3)cc1)c1ccccc12. The lowest BCUT2D eigenvalue weighted by Gasteiger charge is -2.16. The number of benzene rings is 11. The minimum Gasteiger partial charge on any atom is -0.208 e. The lowest BCUT2D eigenvalue weighted by atomic mass is 9.89. The standard InChI is InChI=1S/C59H35N3S/c1-3-16-40-38(14-1)34-53(46-22-9-5-18-42(40)46)36-28-30-37(31-29-36)57-60-58(62-59(61-57)52-26-13-25-50-49-24-11-12-27-55(49)63-56(50)52)51-33-32-48(44-20-7-8-21-45(44)51)54-35-39-15-2-4-17-41(39)43-19-6-10-23-47(43)54/h1-35H. The van der Waals surface area contributed by atoms with Crippen LogP contribution in [0.1, 0.15) is 0 Å². The van der Waals surface area contributed by atoms with Gasteiger partial charge in [-0.05, 0) is 106 Å². The number of nitrogens with zero attached hydrogens (tertiary/aromatic N) is 3. The summed E-state index contributed by atoms with van der Waals surface area (Å²) in [6, 6.07) is 76.4. The van der Waals surface area contributed by atoms with E-state index in [9.17, 15) is 0 Å². The zero-order valence-electron chi connectivity index (χ0n) is 34.0. The molecule has 0 unspecified atom stereocenters. The molecule has 0 fully saturated rings. The molecular formula is C59H35N3S. The van der Waals surface area contributed by atoms with E-state index < -0.39 is 0 Å². The highest BCUT2D eigenvalue weighted by Gasteiger charge is 2.20. The second kappa shape index (κ2) is 14.3. The Kier molecular flexibility index (Phi) is 8.08. The molecule has 4 heteroatoms. The minimum absolute atomic E-state index is 0.636. The lowest BCUT2D eigenvalue weighted by molar-refractivity contribution is 1.08. The van der Waals surface area contributed by atoms with Crippen LogP contribution in [0.4, 0.5) is 0 Å². The van der Waals surface area contributed by atoms with E-state index in [-0.39, 0.29) is 0 Å². The second-order valence-corrected chi connectivity index (χ2v) is 17.3. The summed E-state index contributed by atoms with van der Waals surface area (Å²) in [6.45, 7) is 0. The molecule has 0 saturated heterocycles. The first-order chi connectivity index (χ1) is 31.2. The van der Waals surface area contributed by atoms with Gasteiger partial charge >= 0.3 is 0 Å². The van der Waals surface area contributed by atoms with Gasteiger partial charge in [-0.25, -0.2) is 15.0 Å². The molecule has 0 bridgehead atoms. The fraction of sp³-hybridized carbons (Fsp3) is 0. The highest BCUT2D eigenvalue weighted by Crippen LogP contribution is 2.43. The normalized spacial score (nSPS) is 11.8. The average molecular weight is 818 g/mol. The predicted octanol–water partition coefficient (Wildman–Crippen LogP) is 16.3. The van der Waals surface area contributed by atoms with Crippen LogP contribution in [0.2, 0.25) is 0 Å². The Morgan fingerprint density at radius 1 is 0.254 bits per heavy atom. The molecule has 0 aliphatic carbocycles. The maximum Gasteiger partial charge on any atom is 0.165 e. The van der Waals surface area contributed by atoms with Crippen molar-refractivity contribution >= 4 is 85.4 Å². The highest BCUT2D eigenvalue weighted by molar-refractivity contribution is 7.26. The van der Waals surface area contributed by atoms with E-state index in [1.54, 1.807) is 11.3 Å².